The molecule has 0 radical (unpaired) electrons. The van der Waals surface area contributed by atoms with E-state index in [-0.39, 0.29) is 11.7 Å². The Labute approximate surface area is 196 Å². The maximum Gasteiger partial charge on any atom is 0.264 e. The zero-order valence-corrected chi connectivity index (χ0v) is 19.1. The summed E-state index contributed by atoms with van der Waals surface area (Å²) in [6, 6.07) is 18.8. The van der Waals surface area contributed by atoms with Gasteiger partial charge in [0.1, 0.15) is 18.2 Å². The number of hydrogen-bond acceptors (Lipinski definition) is 4. The normalized spacial score (nSPS) is 16.0. The Morgan fingerprint density at radius 2 is 1.90 bits per heavy atom. The largest absolute Gasteiger partial charge is 0.488 e. The number of nitrogens with one attached hydrogen (secondary N) is 1. The van der Waals surface area contributed by atoms with Crippen LogP contribution in [0.2, 0.25) is 5.02 Å². The minimum Gasteiger partial charge on any atom is -0.488 e. The molecule has 1 amide bonds. The predicted octanol–water partition coefficient (Wildman–Crippen LogP) is 6.71. The zero-order chi connectivity index (χ0) is 21.8. The van der Waals surface area contributed by atoms with Crippen molar-refractivity contribution in [2.24, 2.45) is 4.99 Å². The fourth-order valence-electron chi connectivity index (χ4n) is 2.79. The lowest BCUT2D eigenvalue weighted by atomic mass is 10.2. The second kappa shape index (κ2) is 9.68. The van der Waals surface area contributed by atoms with E-state index in [0.29, 0.717) is 33.1 Å². The third kappa shape index (κ3) is 5.55. The summed E-state index contributed by atoms with van der Waals surface area (Å²) < 4.78 is 19.9. The lowest BCUT2D eigenvalue weighted by Gasteiger charge is -2.11. The number of amidine groups is 1. The fourth-order valence-corrected chi connectivity index (χ4v) is 4.19. The summed E-state index contributed by atoms with van der Waals surface area (Å²) in [4.78, 5) is 17.3. The summed E-state index contributed by atoms with van der Waals surface area (Å²) in [5.74, 6) is 0.0162. The Morgan fingerprint density at radius 3 is 2.68 bits per heavy atom. The highest BCUT2D eigenvalue weighted by molar-refractivity contribution is 9.10. The van der Waals surface area contributed by atoms with Crippen LogP contribution in [-0.2, 0) is 11.4 Å². The zero-order valence-electron chi connectivity index (χ0n) is 15.9. The highest BCUT2D eigenvalue weighted by Crippen LogP contribution is 2.32. The Bertz CT molecular complexity index is 1200. The van der Waals surface area contributed by atoms with Crippen molar-refractivity contribution in [3.63, 3.8) is 0 Å². The van der Waals surface area contributed by atoms with Crippen molar-refractivity contribution in [3.05, 3.63) is 98.1 Å². The highest BCUT2D eigenvalue weighted by Gasteiger charge is 2.24. The number of benzene rings is 3. The highest BCUT2D eigenvalue weighted by atomic mass is 79.9. The van der Waals surface area contributed by atoms with E-state index in [4.69, 9.17) is 16.3 Å². The molecule has 0 unspecified atom stereocenters. The van der Waals surface area contributed by atoms with E-state index in [1.54, 1.807) is 18.2 Å². The van der Waals surface area contributed by atoms with Crippen LogP contribution in [0.5, 0.6) is 5.75 Å². The van der Waals surface area contributed by atoms with Crippen LogP contribution in [0.1, 0.15) is 11.1 Å². The summed E-state index contributed by atoms with van der Waals surface area (Å²) in [7, 11) is 0. The van der Waals surface area contributed by atoms with Gasteiger partial charge >= 0.3 is 0 Å². The van der Waals surface area contributed by atoms with Gasteiger partial charge in [-0.25, -0.2) is 9.38 Å². The van der Waals surface area contributed by atoms with Crippen LogP contribution in [-0.4, -0.2) is 11.1 Å². The maximum absolute atomic E-state index is 13.1. The third-order valence-electron chi connectivity index (χ3n) is 4.31. The number of amides is 1. The molecule has 8 heteroatoms. The first-order valence-corrected chi connectivity index (χ1v) is 11.2. The molecule has 31 heavy (non-hydrogen) atoms. The van der Waals surface area contributed by atoms with Gasteiger partial charge in [0.2, 0.25) is 0 Å². The number of carbonyl (C=O) groups is 1. The lowest BCUT2D eigenvalue weighted by Crippen LogP contribution is -2.19. The topological polar surface area (TPSA) is 50.7 Å². The molecule has 1 aliphatic rings. The maximum atomic E-state index is 13.1. The monoisotopic (exact) mass is 516 g/mol. The molecule has 1 fully saturated rings. The standard InChI is InChI=1S/C23H15BrClFN2O2S/c24-16-5-10-20(30-13-14-3-1-2-4-19(14)25)15(11-16)12-21-22(29)28-23(31-21)27-18-8-6-17(26)7-9-18/h1-12H,13H2,(H,27,28,29)/b21-12+. The Hall–Kier alpha value is -2.61. The van der Waals surface area contributed by atoms with E-state index in [2.05, 4.69) is 26.2 Å². The van der Waals surface area contributed by atoms with Gasteiger partial charge in [-0.15, -0.1) is 0 Å². The molecule has 0 aliphatic carbocycles. The SMILES string of the molecule is O=C1NC(=Nc2ccc(F)cc2)S/C1=C/c1cc(Br)ccc1OCc1ccccc1Cl. The molecule has 0 spiro atoms. The van der Waals surface area contributed by atoms with Crippen LogP contribution < -0.4 is 10.1 Å². The quantitative estimate of drug-likeness (QED) is 0.383. The minimum absolute atomic E-state index is 0.261. The molecule has 4 rings (SSSR count). The first-order chi connectivity index (χ1) is 15.0. The summed E-state index contributed by atoms with van der Waals surface area (Å²) in [5, 5.41) is 3.79. The van der Waals surface area contributed by atoms with E-state index >= 15 is 0 Å². The number of aliphatic imine (C=N–C) groups is 1. The van der Waals surface area contributed by atoms with E-state index in [1.807, 2.05) is 42.5 Å². The van der Waals surface area contributed by atoms with Crippen molar-refractivity contribution in [2.45, 2.75) is 6.61 Å². The van der Waals surface area contributed by atoms with Crippen molar-refractivity contribution >= 4 is 62.1 Å². The van der Waals surface area contributed by atoms with Gasteiger partial charge in [-0.3, -0.25) is 4.79 Å². The number of rotatable bonds is 5. The number of ether oxygens (including phenoxy) is 1. The van der Waals surface area contributed by atoms with Crippen molar-refractivity contribution in [1.82, 2.24) is 5.32 Å². The van der Waals surface area contributed by atoms with Crippen LogP contribution in [0.3, 0.4) is 0 Å². The molecule has 3 aromatic rings. The molecule has 156 valence electrons. The van der Waals surface area contributed by atoms with Gasteiger partial charge in [-0.1, -0.05) is 45.7 Å². The smallest absolute Gasteiger partial charge is 0.264 e. The van der Waals surface area contributed by atoms with E-state index in [1.165, 1.54) is 23.9 Å². The summed E-state index contributed by atoms with van der Waals surface area (Å²) in [5.41, 5.74) is 2.16. The number of carbonyl (C=O) groups excluding carboxylic acids is 1. The van der Waals surface area contributed by atoms with Crippen LogP contribution in [0.25, 0.3) is 6.08 Å². The Balaban J connectivity index is 1.56. The van der Waals surface area contributed by atoms with Crippen molar-refractivity contribution in [1.29, 1.82) is 0 Å². The van der Waals surface area contributed by atoms with Gasteiger partial charge < -0.3 is 10.1 Å². The second-order valence-corrected chi connectivity index (χ2v) is 8.87. The van der Waals surface area contributed by atoms with Crippen LogP contribution in [0.15, 0.2) is 81.1 Å². The van der Waals surface area contributed by atoms with E-state index < -0.39 is 0 Å². The van der Waals surface area contributed by atoms with Crippen molar-refractivity contribution in [3.8, 4) is 5.75 Å². The Morgan fingerprint density at radius 1 is 1.13 bits per heavy atom. The number of hydrogen-bond donors (Lipinski definition) is 1. The fraction of sp³-hybridized carbons (Fsp3) is 0.0435. The van der Waals surface area contributed by atoms with Gasteiger partial charge in [-0.2, -0.15) is 0 Å². The molecule has 1 saturated heterocycles. The van der Waals surface area contributed by atoms with Crippen LogP contribution in [0, 0.1) is 5.82 Å². The van der Waals surface area contributed by atoms with Crippen molar-refractivity contribution < 1.29 is 13.9 Å². The molecular formula is C23H15BrClFN2O2S. The molecule has 1 aliphatic heterocycles. The average molecular weight is 518 g/mol. The van der Waals surface area contributed by atoms with Gasteiger partial charge in [0.25, 0.3) is 5.91 Å². The summed E-state index contributed by atoms with van der Waals surface area (Å²) in [6.07, 6.45) is 1.75. The molecule has 4 nitrogen and oxygen atoms in total. The molecule has 0 saturated carbocycles. The third-order valence-corrected chi connectivity index (χ3v) is 6.08. The number of thioether (sulfide) groups is 1. The van der Waals surface area contributed by atoms with Gasteiger partial charge in [0.05, 0.1) is 10.6 Å². The molecule has 1 N–H and O–H groups in total. The molecular weight excluding hydrogens is 503 g/mol. The van der Waals surface area contributed by atoms with Crippen molar-refractivity contribution in [2.75, 3.05) is 0 Å². The number of halogens is 3. The summed E-state index contributed by atoms with van der Waals surface area (Å²) in [6.45, 7) is 0.300. The average Bonchev–Trinajstić information content (AvgIpc) is 3.09. The predicted molar refractivity (Wildman–Crippen MR) is 127 cm³/mol. The van der Waals surface area contributed by atoms with Crippen LogP contribution >= 0.6 is 39.3 Å². The molecule has 1 heterocycles. The van der Waals surface area contributed by atoms with E-state index in [0.717, 1.165) is 15.6 Å². The molecule has 0 aromatic heterocycles. The number of nitrogens with zero attached hydrogens (tertiary/aromatic N) is 1. The molecule has 0 atom stereocenters. The van der Waals surface area contributed by atoms with Crippen LogP contribution in [0.4, 0.5) is 10.1 Å². The first kappa shape index (κ1) is 21.6. The molecule has 0 bridgehead atoms. The van der Waals surface area contributed by atoms with E-state index in [9.17, 15) is 9.18 Å². The molecule has 3 aromatic carbocycles. The lowest BCUT2D eigenvalue weighted by molar-refractivity contribution is -0.115. The van der Waals surface area contributed by atoms with Gasteiger partial charge in [-0.05, 0) is 66.4 Å². The van der Waals surface area contributed by atoms with Gasteiger partial charge in [0.15, 0.2) is 5.17 Å². The second-order valence-electron chi connectivity index (χ2n) is 6.52. The summed E-state index contributed by atoms with van der Waals surface area (Å²) >= 11 is 10.9. The minimum atomic E-state index is -0.341. The first-order valence-electron chi connectivity index (χ1n) is 9.19. The van der Waals surface area contributed by atoms with Gasteiger partial charge in [0, 0.05) is 20.6 Å². The Kier molecular flexibility index (Phi) is 6.75.